The van der Waals surface area contributed by atoms with E-state index in [9.17, 15) is 14.4 Å². The molecule has 20 heavy (non-hydrogen) atoms. The number of benzene rings is 1. The van der Waals surface area contributed by atoms with Gasteiger partial charge >= 0.3 is 5.97 Å². The number of hydrogen-bond donors (Lipinski definition) is 0. The first kappa shape index (κ1) is 12.8. The molecule has 0 saturated heterocycles. The summed E-state index contributed by atoms with van der Waals surface area (Å²) in [5.41, 5.74) is 0.918. The zero-order valence-electron chi connectivity index (χ0n) is 11.0. The Morgan fingerprint density at radius 3 is 2.45 bits per heavy atom. The van der Waals surface area contributed by atoms with Gasteiger partial charge in [-0.05, 0) is 12.5 Å². The summed E-state index contributed by atoms with van der Waals surface area (Å²) in [6.07, 6.45) is 3.40. The van der Waals surface area contributed by atoms with Gasteiger partial charge in [-0.15, -0.1) is 0 Å². The Kier molecular flexibility index (Phi) is 3.01. The van der Waals surface area contributed by atoms with Crippen molar-refractivity contribution in [3.8, 4) is 0 Å². The highest BCUT2D eigenvalue weighted by Crippen LogP contribution is 2.38. The van der Waals surface area contributed by atoms with E-state index in [0.29, 0.717) is 17.5 Å². The van der Waals surface area contributed by atoms with Gasteiger partial charge in [0.05, 0.1) is 5.92 Å². The van der Waals surface area contributed by atoms with Crippen LogP contribution in [0, 0.1) is 11.8 Å². The molecule has 0 aromatic heterocycles. The second-order valence-corrected chi connectivity index (χ2v) is 5.14. The first-order valence-electron chi connectivity index (χ1n) is 6.61. The normalized spacial score (nSPS) is 27.8. The Hall–Kier alpha value is -2.23. The van der Waals surface area contributed by atoms with Crippen LogP contribution in [0.25, 0.3) is 0 Å². The van der Waals surface area contributed by atoms with Gasteiger partial charge in [-0.25, -0.2) is 0 Å². The van der Waals surface area contributed by atoms with Gasteiger partial charge in [0, 0.05) is 24.0 Å². The Balaban J connectivity index is 2.06. The number of Topliss-reactive ketones (excluding diaryl/α,β-unsaturated/α-hetero) is 2. The molecule has 0 N–H and O–H groups in total. The molecule has 1 aromatic carbocycles. The Bertz CT molecular complexity index is 629. The van der Waals surface area contributed by atoms with Crippen LogP contribution in [0.4, 0.5) is 0 Å². The fraction of sp³-hybridized carbons (Fsp3) is 0.312. The first-order chi connectivity index (χ1) is 9.59. The molecule has 3 rings (SSSR count). The second kappa shape index (κ2) is 4.71. The van der Waals surface area contributed by atoms with Crippen LogP contribution < -0.4 is 0 Å². The number of rotatable bonds is 1. The SMILES string of the molecule is CC(=O)O[C@@H]1C=CC[C@@H]2C(=O)c3ccccc3C(=O)[C@H]21. The topological polar surface area (TPSA) is 60.4 Å². The molecule has 0 heterocycles. The first-order valence-corrected chi connectivity index (χ1v) is 6.61. The van der Waals surface area contributed by atoms with E-state index in [1.165, 1.54) is 6.92 Å². The van der Waals surface area contributed by atoms with Gasteiger partial charge in [0.25, 0.3) is 0 Å². The molecule has 4 nitrogen and oxygen atoms in total. The predicted molar refractivity (Wildman–Crippen MR) is 71.4 cm³/mol. The van der Waals surface area contributed by atoms with Crippen molar-refractivity contribution < 1.29 is 19.1 Å². The van der Waals surface area contributed by atoms with E-state index in [-0.39, 0.29) is 11.6 Å². The monoisotopic (exact) mass is 270 g/mol. The van der Waals surface area contributed by atoms with Crippen molar-refractivity contribution in [3.05, 3.63) is 47.5 Å². The van der Waals surface area contributed by atoms with Crippen LogP contribution in [-0.2, 0) is 9.53 Å². The van der Waals surface area contributed by atoms with Crippen LogP contribution >= 0.6 is 0 Å². The summed E-state index contributed by atoms with van der Waals surface area (Å²) in [6.45, 7) is 1.31. The lowest BCUT2D eigenvalue weighted by molar-refractivity contribution is -0.146. The summed E-state index contributed by atoms with van der Waals surface area (Å²) in [7, 11) is 0. The Morgan fingerprint density at radius 2 is 1.80 bits per heavy atom. The zero-order chi connectivity index (χ0) is 14.3. The van der Waals surface area contributed by atoms with Gasteiger partial charge in [-0.2, -0.15) is 0 Å². The molecule has 0 unspecified atom stereocenters. The van der Waals surface area contributed by atoms with Crippen molar-refractivity contribution >= 4 is 17.5 Å². The summed E-state index contributed by atoms with van der Waals surface area (Å²) in [6, 6.07) is 6.84. The molecule has 0 saturated carbocycles. The average molecular weight is 270 g/mol. The summed E-state index contributed by atoms with van der Waals surface area (Å²) in [5.74, 6) is -1.61. The van der Waals surface area contributed by atoms with Crippen LogP contribution in [-0.4, -0.2) is 23.6 Å². The minimum Gasteiger partial charge on any atom is -0.458 e. The van der Waals surface area contributed by atoms with Gasteiger partial charge < -0.3 is 4.74 Å². The smallest absolute Gasteiger partial charge is 0.303 e. The minimum absolute atomic E-state index is 0.0355. The molecule has 4 heteroatoms. The van der Waals surface area contributed by atoms with E-state index in [4.69, 9.17) is 4.74 Å². The highest BCUT2D eigenvalue weighted by molar-refractivity contribution is 6.16. The molecule has 0 bridgehead atoms. The van der Waals surface area contributed by atoms with Crippen molar-refractivity contribution in [2.45, 2.75) is 19.4 Å². The number of carbonyl (C=O) groups excluding carboxylic acids is 3. The lowest BCUT2D eigenvalue weighted by Gasteiger charge is -2.36. The lowest BCUT2D eigenvalue weighted by Crippen LogP contribution is -2.45. The summed E-state index contributed by atoms with van der Waals surface area (Å²) < 4.78 is 5.20. The van der Waals surface area contributed by atoms with Crippen molar-refractivity contribution in [2.24, 2.45) is 11.8 Å². The molecule has 0 aliphatic heterocycles. The summed E-state index contributed by atoms with van der Waals surface area (Å²) in [4.78, 5) is 36.3. The highest BCUT2D eigenvalue weighted by Gasteiger charge is 2.46. The number of carbonyl (C=O) groups is 3. The molecule has 0 fully saturated rings. The zero-order valence-corrected chi connectivity index (χ0v) is 11.0. The average Bonchev–Trinajstić information content (AvgIpc) is 2.44. The number of fused-ring (bicyclic) bond motifs is 2. The molecule has 3 atom stereocenters. The number of allylic oxidation sites excluding steroid dienone is 1. The maximum atomic E-state index is 12.6. The molecule has 102 valence electrons. The van der Waals surface area contributed by atoms with Crippen LogP contribution in [0.1, 0.15) is 34.1 Å². The summed E-state index contributed by atoms with van der Waals surface area (Å²) in [5, 5.41) is 0. The van der Waals surface area contributed by atoms with Crippen molar-refractivity contribution in [1.82, 2.24) is 0 Å². The van der Waals surface area contributed by atoms with E-state index in [0.717, 1.165) is 0 Å². The number of ketones is 2. The molecule has 1 aromatic rings. The third kappa shape index (κ3) is 1.88. The quantitative estimate of drug-likeness (QED) is 0.579. The van der Waals surface area contributed by atoms with Gasteiger partial charge in [-0.3, -0.25) is 14.4 Å². The van der Waals surface area contributed by atoms with Crippen molar-refractivity contribution in [3.63, 3.8) is 0 Å². The maximum Gasteiger partial charge on any atom is 0.303 e. The van der Waals surface area contributed by atoms with E-state index in [2.05, 4.69) is 0 Å². The molecule has 2 aliphatic carbocycles. The molecule has 0 radical (unpaired) electrons. The second-order valence-electron chi connectivity index (χ2n) is 5.14. The van der Waals surface area contributed by atoms with Gasteiger partial charge in [-0.1, -0.05) is 30.3 Å². The third-order valence-corrected chi connectivity index (χ3v) is 3.90. The Labute approximate surface area is 116 Å². The fourth-order valence-corrected chi connectivity index (χ4v) is 3.05. The van der Waals surface area contributed by atoms with E-state index in [1.807, 2.05) is 6.08 Å². The minimum atomic E-state index is -0.643. The van der Waals surface area contributed by atoms with Crippen molar-refractivity contribution in [1.29, 1.82) is 0 Å². The third-order valence-electron chi connectivity index (χ3n) is 3.90. The molecular formula is C16H14O4. The van der Waals surface area contributed by atoms with Gasteiger partial charge in [0.15, 0.2) is 11.6 Å². The van der Waals surface area contributed by atoms with Crippen LogP contribution in [0.2, 0.25) is 0 Å². The summed E-state index contributed by atoms with van der Waals surface area (Å²) >= 11 is 0. The van der Waals surface area contributed by atoms with E-state index in [1.54, 1.807) is 30.3 Å². The molecule has 0 spiro atoms. The van der Waals surface area contributed by atoms with Crippen LogP contribution in [0.15, 0.2) is 36.4 Å². The number of ether oxygens (including phenoxy) is 1. The maximum absolute atomic E-state index is 12.6. The van der Waals surface area contributed by atoms with E-state index >= 15 is 0 Å². The molecule has 2 aliphatic rings. The number of hydrogen-bond acceptors (Lipinski definition) is 4. The number of esters is 1. The van der Waals surface area contributed by atoms with Crippen LogP contribution in [0.5, 0.6) is 0 Å². The standard InChI is InChI=1S/C16H14O4/c1-9(17)20-13-8-4-7-12-14(13)16(19)11-6-3-2-5-10(11)15(12)18/h2-6,8,12-14H,7H2,1H3/t12-,13+,14+/m0/s1. The fourth-order valence-electron chi connectivity index (χ4n) is 3.05. The van der Waals surface area contributed by atoms with Gasteiger partial charge in [0.1, 0.15) is 6.10 Å². The van der Waals surface area contributed by atoms with Crippen LogP contribution in [0.3, 0.4) is 0 Å². The van der Waals surface area contributed by atoms with Gasteiger partial charge in [0.2, 0.25) is 0 Å². The lowest BCUT2D eigenvalue weighted by atomic mass is 9.68. The molecule has 0 amide bonds. The highest BCUT2D eigenvalue weighted by atomic mass is 16.5. The van der Waals surface area contributed by atoms with Crippen molar-refractivity contribution in [2.75, 3.05) is 0 Å². The van der Waals surface area contributed by atoms with E-state index < -0.39 is 23.9 Å². The largest absolute Gasteiger partial charge is 0.458 e. The molecular weight excluding hydrogens is 256 g/mol. The predicted octanol–water partition coefficient (Wildman–Crippen LogP) is 2.19. The Morgan fingerprint density at radius 1 is 1.15 bits per heavy atom.